The number of nitrogens with one attached hydrogen (secondary N) is 2. The minimum absolute atomic E-state index is 0.0184. The van der Waals surface area contributed by atoms with E-state index < -0.39 is 0 Å². The average Bonchev–Trinajstić information content (AvgIpc) is 2.12. The number of carbonyl (C=O) groups is 1. The molecular weight excluding hydrogens is 178 g/mol. The highest BCUT2D eigenvalue weighted by atomic mass is 16.1. The van der Waals surface area contributed by atoms with Crippen LogP contribution in [-0.2, 0) is 4.79 Å². The van der Waals surface area contributed by atoms with Gasteiger partial charge in [0.1, 0.15) is 0 Å². The smallest absolute Gasteiger partial charge is 0.234 e. The number of nitrogens with zero attached hydrogens (tertiary/aromatic N) is 1. The fraction of sp³-hybridized carbons (Fsp3) is 0.800. The van der Waals surface area contributed by atoms with Gasteiger partial charge in [0, 0.05) is 12.3 Å². The van der Waals surface area contributed by atoms with Crippen molar-refractivity contribution >= 4 is 11.6 Å². The summed E-state index contributed by atoms with van der Waals surface area (Å²) in [5, 5.41) is 5.56. The number of hydrogen-bond acceptors (Lipinski definition) is 3. The van der Waals surface area contributed by atoms with Gasteiger partial charge in [-0.05, 0) is 19.9 Å². The molecule has 0 bridgehead atoms. The molecule has 0 radical (unpaired) electrons. The molecule has 0 aliphatic rings. The predicted molar refractivity (Wildman–Crippen MR) is 59.8 cm³/mol. The Hall–Kier alpha value is -0.900. The molecule has 1 amide bonds. The molecule has 4 nitrogen and oxygen atoms in total. The number of amides is 1. The fourth-order valence-corrected chi connectivity index (χ4v) is 0.833. The molecule has 2 N–H and O–H groups in total. The van der Waals surface area contributed by atoms with Crippen LogP contribution in [0.4, 0.5) is 0 Å². The van der Waals surface area contributed by atoms with E-state index in [1.54, 1.807) is 7.05 Å². The van der Waals surface area contributed by atoms with Crippen molar-refractivity contribution in [3.63, 3.8) is 0 Å². The van der Waals surface area contributed by atoms with E-state index in [-0.39, 0.29) is 5.91 Å². The van der Waals surface area contributed by atoms with Gasteiger partial charge in [0.25, 0.3) is 0 Å². The summed E-state index contributed by atoms with van der Waals surface area (Å²) in [5.74, 6) is 0.507. The summed E-state index contributed by atoms with van der Waals surface area (Å²) < 4.78 is 0. The topological polar surface area (TPSA) is 53.5 Å². The Morgan fingerprint density at radius 2 is 2.07 bits per heavy atom. The van der Waals surface area contributed by atoms with Crippen LogP contribution in [0.5, 0.6) is 0 Å². The van der Waals surface area contributed by atoms with Crippen molar-refractivity contribution in [3.8, 4) is 0 Å². The number of aliphatic imine (C=N–C) groups is 1. The van der Waals surface area contributed by atoms with Gasteiger partial charge in [-0.1, -0.05) is 13.8 Å². The van der Waals surface area contributed by atoms with Crippen LogP contribution in [0.25, 0.3) is 0 Å². The van der Waals surface area contributed by atoms with E-state index in [2.05, 4.69) is 29.5 Å². The predicted octanol–water partition coefficient (Wildman–Crippen LogP) is 0.439. The van der Waals surface area contributed by atoms with Gasteiger partial charge in [-0.15, -0.1) is 0 Å². The van der Waals surface area contributed by atoms with E-state index >= 15 is 0 Å². The number of hydrogen-bond donors (Lipinski definition) is 2. The molecule has 0 atom stereocenters. The maximum atomic E-state index is 11.0. The first kappa shape index (κ1) is 13.1. The zero-order chi connectivity index (χ0) is 11.0. The molecule has 0 aliphatic heterocycles. The Kier molecular flexibility index (Phi) is 7.02. The molecule has 0 aromatic rings. The molecule has 0 rings (SSSR count). The Morgan fingerprint density at radius 1 is 1.43 bits per heavy atom. The lowest BCUT2D eigenvalue weighted by atomic mass is 10.1. The van der Waals surface area contributed by atoms with Crippen molar-refractivity contribution in [1.29, 1.82) is 0 Å². The van der Waals surface area contributed by atoms with E-state index in [1.165, 1.54) is 0 Å². The van der Waals surface area contributed by atoms with Crippen LogP contribution in [0.2, 0.25) is 0 Å². The lowest BCUT2D eigenvalue weighted by molar-refractivity contribution is -0.120. The van der Waals surface area contributed by atoms with Crippen LogP contribution in [0.15, 0.2) is 4.99 Å². The molecule has 14 heavy (non-hydrogen) atoms. The van der Waals surface area contributed by atoms with Crippen molar-refractivity contribution in [3.05, 3.63) is 0 Å². The number of likely N-dealkylation sites (N-methyl/N-ethyl adjacent to an activating group) is 1. The molecule has 0 aromatic heterocycles. The summed E-state index contributed by atoms with van der Waals surface area (Å²) in [6.07, 6.45) is 0. The Morgan fingerprint density at radius 3 is 2.57 bits per heavy atom. The third-order valence-corrected chi connectivity index (χ3v) is 1.97. The number of rotatable bonds is 6. The van der Waals surface area contributed by atoms with E-state index in [0.717, 1.165) is 5.71 Å². The average molecular weight is 199 g/mol. The summed E-state index contributed by atoms with van der Waals surface area (Å²) >= 11 is 0. The second-order valence-electron chi connectivity index (χ2n) is 3.56. The molecule has 0 aromatic carbocycles. The van der Waals surface area contributed by atoms with Crippen LogP contribution >= 0.6 is 0 Å². The summed E-state index contributed by atoms with van der Waals surface area (Å²) in [4.78, 5) is 15.3. The molecule has 4 heteroatoms. The van der Waals surface area contributed by atoms with E-state index in [4.69, 9.17) is 0 Å². The standard InChI is InChI=1S/C10H21N3O/c1-8(2)9(3)12-5-6-13-10(14)7-11-4/h8,11H,5-7H2,1-4H3,(H,13,14). The molecule has 0 heterocycles. The highest BCUT2D eigenvalue weighted by molar-refractivity contribution is 5.83. The first-order valence-corrected chi connectivity index (χ1v) is 5.00. The molecule has 0 saturated carbocycles. The summed E-state index contributed by atoms with van der Waals surface area (Å²) in [5.41, 5.74) is 1.13. The Labute approximate surface area is 86.2 Å². The molecule has 0 aliphatic carbocycles. The largest absolute Gasteiger partial charge is 0.353 e. The zero-order valence-electron chi connectivity index (χ0n) is 9.55. The van der Waals surface area contributed by atoms with Gasteiger partial charge in [0.05, 0.1) is 13.1 Å². The first-order valence-electron chi connectivity index (χ1n) is 5.00. The molecule has 82 valence electrons. The molecular formula is C10H21N3O. The maximum Gasteiger partial charge on any atom is 0.234 e. The maximum absolute atomic E-state index is 11.0. The van der Waals surface area contributed by atoms with E-state index in [0.29, 0.717) is 25.6 Å². The molecule has 0 spiro atoms. The Balaban J connectivity index is 3.55. The van der Waals surface area contributed by atoms with Gasteiger partial charge in [-0.25, -0.2) is 0 Å². The summed E-state index contributed by atoms with van der Waals surface area (Å²) in [6, 6.07) is 0. The second kappa shape index (κ2) is 7.50. The molecule has 0 fully saturated rings. The minimum atomic E-state index is 0.0184. The van der Waals surface area contributed by atoms with Crippen LogP contribution in [0.1, 0.15) is 20.8 Å². The van der Waals surface area contributed by atoms with Crippen molar-refractivity contribution in [2.24, 2.45) is 10.9 Å². The first-order chi connectivity index (χ1) is 6.57. The molecule has 0 unspecified atom stereocenters. The van der Waals surface area contributed by atoms with Crippen LogP contribution in [0, 0.1) is 5.92 Å². The third-order valence-electron chi connectivity index (χ3n) is 1.97. The quantitative estimate of drug-likeness (QED) is 0.482. The van der Waals surface area contributed by atoms with Gasteiger partial charge in [0.15, 0.2) is 0 Å². The zero-order valence-corrected chi connectivity index (χ0v) is 9.55. The van der Waals surface area contributed by atoms with Gasteiger partial charge in [0.2, 0.25) is 5.91 Å². The second-order valence-corrected chi connectivity index (χ2v) is 3.56. The van der Waals surface area contributed by atoms with E-state index in [9.17, 15) is 4.79 Å². The van der Waals surface area contributed by atoms with Gasteiger partial charge in [-0.3, -0.25) is 9.79 Å². The number of carbonyl (C=O) groups excluding carboxylic acids is 1. The highest BCUT2D eigenvalue weighted by Gasteiger charge is 1.98. The van der Waals surface area contributed by atoms with Crippen LogP contribution in [-0.4, -0.2) is 38.3 Å². The highest BCUT2D eigenvalue weighted by Crippen LogP contribution is 1.95. The third kappa shape index (κ3) is 6.60. The van der Waals surface area contributed by atoms with Crippen molar-refractivity contribution in [1.82, 2.24) is 10.6 Å². The lowest BCUT2D eigenvalue weighted by Crippen LogP contribution is -2.33. The van der Waals surface area contributed by atoms with Gasteiger partial charge >= 0.3 is 0 Å². The summed E-state index contributed by atoms with van der Waals surface area (Å²) in [7, 11) is 1.75. The van der Waals surface area contributed by atoms with Crippen molar-refractivity contribution in [2.75, 3.05) is 26.7 Å². The van der Waals surface area contributed by atoms with Crippen molar-refractivity contribution < 1.29 is 4.79 Å². The van der Waals surface area contributed by atoms with Crippen molar-refractivity contribution in [2.45, 2.75) is 20.8 Å². The van der Waals surface area contributed by atoms with Gasteiger partial charge < -0.3 is 10.6 Å². The SMILES string of the molecule is CNCC(=O)NCCN=C(C)C(C)C. The van der Waals surface area contributed by atoms with Crippen LogP contribution < -0.4 is 10.6 Å². The normalized spacial score (nSPS) is 11.9. The fourth-order valence-electron chi connectivity index (χ4n) is 0.833. The Bertz CT molecular complexity index is 200. The van der Waals surface area contributed by atoms with Crippen LogP contribution in [0.3, 0.4) is 0 Å². The van der Waals surface area contributed by atoms with E-state index in [1.807, 2.05) is 6.92 Å². The minimum Gasteiger partial charge on any atom is -0.353 e. The molecule has 0 saturated heterocycles. The monoisotopic (exact) mass is 199 g/mol. The van der Waals surface area contributed by atoms with Gasteiger partial charge in [-0.2, -0.15) is 0 Å². The lowest BCUT2D eigenvalue weighted by Gasteiger charge is -2.05. The summed E-state index contributed by atoms with van der Waals surface area (Å²) in [6.45, 7) is 7.88.